The Kier molecular flexibility index (Phi) is 3.32. The number of benzene rings is 1. The summed E-state index contributed by atoms with van der Waals surface area (Å²) in [7, 11) is 2.01. The fourth-order valence-electron chi connectivity index (χ4n) is 2.08. The first-order valence-corrected chi connectivity index (χ1v) is 6.12. The predicted molar refractivity (Wildman–Crippen MR) is 65.4 cm³/mol. The fraction of sp³-hybridized carbons (Fsp3) is 0.500. The van der Waals surface area contributed by atoms with Crippen molar-refractivity contribution in [3.63, 3.8) is 0 Å². The van der Waals surface area contributed by atoms with E-state index < -0.39 is 0 Å². The molecule has 0 saturated heterocycles. The zero-order valence-corrected chi connectivity index (χ0v) is 10.7. The third kappa shape index (κ3) is 2.18. The van der Waals surface area contributed by atoms with E-state index in [9.17, 15) is 0 Å². The highest BCUT2D eigenvalue weighted by Gasteiger charge is 2.20. The Morgan fingerprint density at radius 3 is 3.00 bits per heavy atom. The molecule has 82 valence electrons. The molecule has 0 amide bonds. The SMILES string of the molecule is CNC1CCCOc2c(Br)cc(C)cc21. The number of hydrogen-bond donors (Lipinski definition) is 1. The minimum atomic E-state index is 0.415. The average molecular weight is 270 g/mol. The highest BCUT2D eigenvalue weighted by Crippen LogP contribution is 2.37. The molecule has 1 aromatic carbocycles. The van der Waals surface area contributed by atoms with Crippen molar-refractivity contribution in [3.05, 3.63) is 27.7 Å². The van der Waals surface area contributed by atoms with E-state index in [2.05, 4.69) is 40.3 Å². The van der Waals surface area contributed by atoms with Crippen molar-refractivity contribution < 1.29 is 4.74 Å². The minimum absolute atomic E-state index is 0.415. The van der Waals surface area contributed by atoms with E-state index in [1.165, 1.54) is 11.1 Å². The quantitative estimate of drug-likeness (QED) is 0.846. The van der Waals surface area contributed by atoms with Crippen LogP contribution in [-0.2, 0) is 0 Å². The lowest BCUT2D eigenvalue weighted by Crippen LogP contribution is -2.15. The van der Waals surface area contributed by atoms with Crippen LogP contribution in [0.25, 0.3) is 0 Å². The van der Waals surface area contributed by atoms with Crippen molar-refractivity contribution in [2.75, 3.05) is 13.7 Å². The maximum absolute atomic E-state index is 5.78. The van der Waals surface area contributed by atoms with Gasteiger partial charge in [0.25, 0.3) is 0 Å². The molecule has 2 rings (SSSR count). The highest BCUT2D eigenvalue weighted by atomic mass is 79.9. The summed E-state index contributed by atoms with van der Waals surface area (Å²) in [5, 5.41) is 3.35. The highest BCUT2D eigenvalue weighted by molar-refractivity contribution is 9.10. The number of ether oxygens (including phenoxy) is 1. The van der Waals surface area contributed by atoms with Crippen LogP contribution < -0.4 is 10.1 Å². The summed E-state index contributed by atoms with van der Waals surface area (Å²) >= 11 is 3.57. The van der Waals surface area contributed by atoms with Gasteiger partial charge >= 0.3 is 0 Å². The summed E-state index contributed by atoms with van der Waals surface area (Å²) in [6.45, 7) is 2.93. The van der Waals surface area contributed by atoms with Gasteiger partial charge in [0.1, 0.15) is 5.75 Å². The van der Waals surface area contributed by atoms with E-state index in [-0.39, 0.29) is 0 Å². The van der Waals surface area contributed by atoms with E-state index in [1.54, 1.807) is 0 Å². The molecule has 0 radical (unpaired) electrons. The number of halogens is 1. The van der Waals surface area contributed by atoms with E-state index in [1.807, 2.05) is 7.05 Å². The fourth-order valence-corrected chi connectivity index (χ4v) is 2.79. The Hall–Kier alpha value is -0.540. The summed E-state index contributed by atoms with van der Waals surface area (Å²) in [5.74, 6) is 1.01. The molecule has 1 heterocycles. The molecule has 1 atom stereocenters. The molecule has 2 nitrogen and oxygen atoms in total. The van der Waals surface area contributed by atoms with Crippen LogP contribution in [0.15, 0.2) is 16.6 Å². The Morgan fingerprint density at radius 1 is 1.47 bits per heavy atom. The third-order valence-electron chi connectivity index (χ3n) is 2.82. The number of aryl methyl sites for hydroxylation is 1. The monoisotopic (exact) mass is 269 g/mol. The maximum atomic E-state index is 5.78. The van der Waals surface area contributed by atoms with Gasteiger partial charge in [-0.25, -0.2) is 0 Å². The van der Waals surface area contributed by atoms with E-state index in [4.69, 9.17) is 4.74 Å². The number of nitrogens with one attached hydrogen (secondary N) is 1. The molecule has 0 aromatic heterocycles. The largest absolute Gasteiger partial charge is 0.492 e. The molecule has 0 bridgehead atoms. The molecule has 1 unspecified atom stereocenters. The normalized spacial score (nSPS) is 20.3. The van der Waals surface area contributed by atoms with Gasteiger partial charge in [-0.05, 0) is 54.4 Å². The lowest BCUT2D eigenvalue weighted by Gasteiger charge is -2.17. The minimum Gasteiger partial charge on any atom is -0.492 e. The van der Waals surface area contributed by atoms with Crippen LogP contribution in [0.1, 0.15) is 30.0 Å². The molecule has 1 aliphatic rings. The lowest BCUT2D eigenvalue weighted by molar-refractivity contribution is 0.313. The van der Waals surface area contributed by atoms with Crippen LogP contribution in [0.5, 0.6) is 5.75 Å². The Labute approximate surface area is 99.1 Å². The van der Waals surface area contributed by atoms with E-state index in [0.29, 0.717) is 6.04 Å². The summed E-state index contributed by atoms with van der Waals surface area (Å²) < 4.78 is 6.85. The summed E-state index contributed by atoms with van der Waals surface area (Å²) in [5.41, 5.74) is 2.55. The van der Waals surface area contributed by atoms with E-state index >= 15 is 0 Å². The standard InChI is InChI=1S/C12H16BrNO/c1-8-6-9-11(14-2)4-3-5-15-12(9)10(13)7-8/h6-7,11,14H,3-5H2,1-2H3. The first-order chi connectivity index (χ1) is 7.22. The van der Waals surface area contributed by atoms with Crippen LogP contribution in [0.2, 0.25) is 0 Å². The van der Waals surface area contributed by atoms with Gasteiger partial charge in [-0.3, -0.25) is 0 Å². The first kappa shape index (κ1) is 11.0. The van der Waals surface area contributed by atoms with Gasteiger partial charge in [0.15, 0.2) is 0 Å². The predicted octanol–water partition coefficient (Wildman–Crippen LogP) is 3.19. The maximum Gasteiger partial charge on any atom is 0.138 e. The van der Waals surface area contributed by atoms with Crippen LogP contribution in [0.3, 0.4) is 0 Å². The number of rotatable bonds is 1. The molecule has 0 saturated carbocycles. The van der Waals surface area contributed by atoms with Gasteiger partial charge in [-0.15, -0.1) is 0 Å². The van der Waals surface area contributed by atoms with Crippen molar-refractivity contribution in [2.24, 2.45) is 0 Å². The molecule has 0 spiro atoms. The number of hydrogen-bond acceptors (Lipinski definition) is 2. The molecule has 1 N–H and O–H groups in total. The topological polar surface area (TPSA) is 21.3 Å². The Morgan fingerprint density at radius 2 is 2.27 bits per heavy atom. The number of fused-ring (bicyclic) bond motifs is 1. The third-order valence-corrected chi connectivity index (χ3v) is 3.41. The second-order valence-corrected chi connectivity index (χ2v) is 4.85. The van der Waals surface area contributed by atoms with Crippen molar-refractivity contribution in [3.8, 4) is 5.75 Å². The summed E-state index contributed by atoms with van der Waals surface area (Å²) in [4.78, 5) is 0. The Balaban J connectivity index is 2.50. The summed E-state index contributed by atoms with van der Waals surface area (Å²) in [6.07, 6.45) is 2.24. The first-order valence-electron chi connectivity index (χ1n) is 5.32. The zero-order chi connectivity index (χ0) is 10.8. The van der Waals surface area contributed by atoms with Gasteiger partial charge in [0, 0.05) is 11.6 Å². The molecule has 1 aromatic rings. The molecular formula is C12H16BrNO. The van der Waals surface area contributed by atoms with Crippen molar-refractivity contribution in [1.82, 2.24) is 5.32 Å². The van der Waals surface area contributed by atoms with Gasteiger partial charge in [0.05, 0.1) is 11.1 Å². The van der Waals surface area contributed by atoms with Crippen LogP contribution in [0, 0.1) is 6.92 Å². The molecule has 3 heteroatoms. The second kappa shape index (κ2) is 4.54. The average Bonchev–Trinajstić information content (AvgIpc) is 2.39. The second-order valence-electron chi connectivity index (χ2n) is 4.00. The van der Waals surface area contributed by atoms with Crippen LogP contribution in [0.4, 0.5) is 0 Å². The van der Waals surface area contributed by atoms with Crippen LogP contribution >= 0.6 is 15.9 Å². The van der Waals surface area contributed by atoms with Crippen molar-refractivity contribution >= 4 is 15.9 Å². The van der Waals surface area contributed by atoms with Gasteiger partial charge in [-0.2, -0.15) is 0 Å². The van der Waals surface area contributed by atoms with Crippen molar-refractivity contribution in [2.45, 2.75) is 25.8 Å². The summed E-state index contributed by atoms with van der Waals surface area (Å²) in [6, 6.07) is 4.74. The van der Waals surface area contributed by atoms with Gasteiger partial charge < -0.3 is 10.1 Å². The van der Waals surface area contributed by atoms with Gasteiger partial charge in [-0.1, -0.05) is 6.07 Å². The smallest absolute Gasteiger partial charge is 0.138 e. The van der Waals surface area contributed by atoms with Crippen LogP contribution in [-0.4, -0.2) is 13.7 Å². The molecular weight excluding hydrogens is 254 g/mol. The molecule has 0 fully saturated rings. The molecule has 15 heavy (non-hydrogen) atoms. The molecule has 0 aliphatic carbocycles. The Bertz CT molecular complexity index is 365. The van der Waals surface area contributed by atoms with Gasteiger partial charge in [0.2, 0.25) is 0 Å². The van der Waals surface area contributed by atoms with Crippen molar-refractivity contribution in [1.29, 1.82) is 0 Å². The zero-order valence-electron chi connectivity index (χ0n) is 9.14. The van der Waals surface area contributed by atoms with E-state index in [0.717, 1.165) is 29.7 Å². The lowest BCUT2D eigenvalue weighted by atomic mass is 10.0. The molecule has 1 aliphatic heterocycles.